The monoisotopic (exact) mass is 540 g/mol. The normalized spacial score (nSPS) is 11.1. The lowest BCUT2D eigenvalue weighted by Crippen LogP contribution is -2.10. The summed E-state index contributed by atoms with van der Waals surface area (Å²) in [5.74, 6) is -10.8. The van der Waals surface area contributed by atoms with Crippen LogP contribution in [0.25, 0.3) is 22.3 Å². The highest BCUT2D eigenvalue weighted by Gasteiger charge is 2.27. The van der Waals surface area contributed by atoms with Crippen molar-refractivity contribution in [1.82, 2.24) is 0 Å². The lowest BCUT2D eigenvalue weighted by molar-refractivity contribution is 0.0528. The molecule has 0 aliphatic heterocycles. The fraction of sp³-hybridized carbons (Fsp3) is 0.125. The number of furan rings is 1. The lowest BCUT2D eigenvalue weighted by atomic mass is 10.1. The standard InChI is InChI=1S/C24H14BrF5O4/c1-2-32-24(31)17-12-8-16(33-10-13-18(26)20(28)22(30)21(29)19(13)27)14(25)9-15(12)34-23(17)11-6-4-3-5-7-11/h3-9H,2,10H2,1H3. The Balaban J connectivity index is 1.79. The van der Waals surface area contributed by atoms with Crippen molar-refractivity contribution in [1.29, 1.82) is 0 Å². The third-order valence-electron chi connectivity index (χ3n) is 4.93. The minimum atomic E-state index is -2.26. The van der Waals surface area contributed by atoms with E-state index in [4.69, 9.17) is 13.9 Å². The number of fused-ring (bicyclic) bond motifs is 1. The predicted molar refractivity (Wildman–Crippen MR) is 116 cm³/mol. The molecule has 4 aromatic rings. The van der Waals surface area contributed by atoms with E-state index in [2.05, 4.69) is 15.9 Å². The summed E-state index contributed by atoms with van der Waals surface area (Å²) in [5.41, 5.74) is -0.165. The Hall–Kier alpha value is -3.40. The largest absolute Gasteiger partial charge is 0.487 e. The van der Waals surface area contributed by atoms with Crippen LogP contribution in [-0.2, 0) is 11.3 Å². The van der Waals surface area contributed by atoms with Crippen molar-refractivity contribution in [2.45, 2.75) is 13.5 Å². The Morgan fingerprint density at radius 3 is 2.18 bits per heavy atom. The van der Waals surface area contributed by atoms with Gasteiger partial charge in [0.15, 0.2) is 23.3 Å². The number of hydrogen-bond donors (Lipinski definition) is 0. The van der Waals surface area contributed by atoms with Gasteiger partial charge in [-0.25, -0.2) is 26.7 Å². The highest BCUT2D eigenvalue weighted by atomic mass is 79.9. The minimum Gasteiger partial charge on any atom is -0.487 e. The van der Waals surface area contributed by atoms with E-state index in [0.29, 0.717) is 5.56 Å². The summed E-state index contributed by atoms with van der Waals surface area (Å²) < 4.78 is 85.0. The average Bonchev–Trinajstić information content (AvgIpc) is 3.20. The molecule has 10 heteroatoms. The van der Waals surface area contributed by atoms with Crippen LogP contribution in [0, 0.1) is 29.1 Å². The zero-order valence-electron chi connectivity index (χ0n) is 17.4. The van der Waals surface area contributed by atoms with E-state index in [1.54, 1.807) is 37.3 Å². The molecule has 1 heterocycles. The Morgan fingerprint density at radius 1 is 0.941 bits per heavy atom. The predicted octanol–water partition coefficient (Wildman–Crippen LogP) is 7.31. The third kappa shape index (κ3) is 4.13. The van der Waals surface area contributed by atoms with Crippen molar-refractivity contribution in [2.75, 3.05) is 6.61 Å². The zero-order valence-corrected chi connectivity index (χ0v) is 18.9. The first-order valence-electron chi connectivity index (χ1n) is 9.86. The van der Waals surface area contributed by atoms with E-state index < -0.39 is 47.2 Å². The van der Waals surface area contributed by atoms with Crippen molar-refractivity contribution in [2.24, 2.45) is 0 Å². The number of esters is 1. The maximum absolute atomic E-state index is 14.0. The summed E-state index contributed by atoms with van der Waals surface area (Å²) >= 11 is 3.23. The number of carbonyl (C=O) groups excluding carboxylic acids is 1. The fourth-order valence-corrected chi connectivity index (χ4v) is 3.77. The summed E-state index contributed by atoms with van der Waals surface area (Å²) in [5, 5.41) is 0.271. The topological polar surface area (TPSA) is 48.7 Å². The Bertz CT molecular complexity index is 1370. The van der Waals surface area contributed by atoms with E-state index in [1.807, 2.05) is 0 Å². The van der Waals surface area contributed by atoms with Gasteiger partial charge in [-0.15, -0.1) is 0 Å². The van der Waals surface area contributed by atoms with Gasteiger partial charge in [-0.2, -0.15) is 0 Å². The van der Waals surface area contributed by atoms with Crippen LogP contribution in [0.1, 0.15) is 22.8 Å². The first-order chi connectivity index (χ1) is 16.2. The number of carbonyl (C=O) groups is 1. The van der Waals surface area contributed by atoms with Crippen LogP contribution >= 0.6 is 15.9 Å². The first kappa shape index (κ1) is 23.7. The minimum absolute atomic E-state index is 0.0256. The van der Waals surface area contributed by atoms with Gasteiger partial charge in [-0.1, -0.05) is 30.3 Å². The van der Waals surface area contributed by atoms with E-state index in [0.717, 1.165) is 0 Å². The van der Waals surface area contributed by atoms with Crippen molar-refractivity contribution < 1.29 is 40.6 Å². The summed E-state index contributed by atoms with van der Waals surface area (Å²) in [6.45, 7) is 0.769. The zero-order chi connectivity index (χ0) is 24.6. The maximum atomic E-state index is 14.0. The molecule has 1 aromatic heterocycles. The van der Waals surface area contributed by atoms with E-state index in [1.165, 1.54) is 12.1 Å². The molecule has 0 aliphatic rings. The van der Waals surface area contributed by atoms with Crippen LogP contribution < -0.4 is 4.74 Å². The average molecular weight is 541 g/mol. The van der Waals surface area contributed by atoms with Crippen LogP contribution in [0.5, 0.6) is 5.75 Å². The highest BCUT2D eigenvalue weighted by molar-refractivity contribution is 9.10. The van der Waals surface area contributed by atoms with Crippen LogP contribution in [0.2, 0.25) is 0 Å². The number of ether oxygens (including phenoxy) is 2. The SMILES string of the molecule is CCOC(=O)c1c(-c2ccccc2)oc2cc(Br)c(OCc3c(F)c(F)c(F)c(F)c3F)cc12. The van der Waals surface area contributed by atoms with E-state index in [9.17, 15) is 26.7 Å². The van der Waals surface area contributed by atoms with Gasteiger partial charge in [0.1, 0.15) is 29.3 Å². The van der Waals surface area contributed by atoms with Crippen LogP contribution in [0.15, 0.2) is 51.4 Å². The number of hydrogen-bond acceptors (Lipinski definition) is 4. The Kier molecular flexibility index (Phi) is 6.60. The van der Waals surface area contributed by atoms with Gasteiger partial charge < -0.3 is 13.9 Å². The lowest BCUT2D eigenvalue weighted by Gasteiger charge is -2.11. The van der Waals surface area contributed by atoms with E-state index in [-0.39, 0.29) is 39.1 Å². The second-order valence-corrected chi connectivity index (χ2v) is 7.86. The Morgan fingerprint density at radius 2 is 1.56 bits per heavy atom. The number of benzene rings is 3. The molecule has 0 atom stereocenters. The van der Waals surface area contributed by atoms with Crippen molar-refractivity contribution in [3.8, 4) is 17.1 Å². The molecule has 176 valence electrons. The van der Waals surface area contributed by atoms with Crippen molar-refractivity contribution in [3.63, 3.8) is 0 Å². The molecule has 0 radical (unpaired) electrons. The second-order valence-electron chi connectivity index (χ2n) is 7.01. The molecule has 0 N–H and O–H groups in total. The van der Waals surface area contributed by atoms with Crippen molar-refractivity contribution in [3.05, 3.63) is 87.2 Å². The molecule has 0 fully saturated rings. The molecule has 0 bridgehead atoms. The molecule has 0 saturated heterocycles. The van der Waals surface area contributed by atoms with Crippen LogP contribution in [0.3, 0.4) is 0 Å². The summed E-state index contributed by atoms with van der Waals surface area (Å²) in [6.07, 6.45) is 0. The molecular weight excluding hydrogens is 527 g/mol. The summed E-state index contributed by atoms with van der Waals surface area (Å²) in [6, 6.07) is 11.6. The second kappa shape index (κ2) is 9.46. The van der Waals surface area contributed by atoms with Gasteiger partial charge in [0.25, 0.3) is 0 Å². The highest BCUT2D eigenvalue weighted by Crippen LogP contribution is 2.39. The van der Waals surface area contributed by atoms with Gasteiger partial charge >= 0.3 is 5.97 Å². The summed E-state index contributed by atoms with van der Waals surface area (Å²) in [7, 11) is 0. The van der Waals surface area contributed by atoms with Gasteiger partial charge in [0, 0.05) is 10.9 Å². The van der Waals surface area contributed by atoms with Gasteiger partial charge in [0.05, 0.1) is 16.6 Å². The smallest absolute Gasteiger partial charge is 0.342 e. The molecule has 34 heavy (non-hydrogen) atoms. The molecule has 0 amide bonds. The molecule has 0 saturated carbocycles. The van der Waals surface area contributed by atoms with Crippen LogP contribution in [0.4, 0.5) is 22.0 Å². The van der Waals surface area contributed by atoms with Crippen molar-refractivity contribution >= 4 is 32.9 Å². The van der Waals surface area contributed by atoms with Gasteiger partial charge in [-0.3, -0.25) is 0 Å². The number of rotatable bonds is 6. The number of halogens is 6. The first-order valence-corrected chi connectivity index (χ1v) is 10.7. The van der Waals surface area contributed by atoms with Gasteiger partial charge in [0.2, 0.25) is 5.82 Å². The molecule has 3 aromatic carbocycles. The quantitative estimate of drug-likeness (QED) is 0.111. The van der Waals surface area contributed by atoms with Gasteiger partial charge in [-0.05, 0) is 35.0 Å². The Labute approximate surface area is 198 Å². The van der Waals surface area contributed by atoms with Crippen LogP contribution in [-0.4, -0.2) is 12.6 Å². The molecule has 4 rings (SSSR count). The molecule has 0 spiro atoms. The third-order valence-corrected chi connectivity index (χ3v) is 5.55. The molecule has 0 unspecified atom stereocenters. The maximum Gasteiger partial charge on any atom is 0.342 e. The fourth-order valence-electron chi connectivity index (χ4n) is 3.33. The summed E-state index contributed by atoms with van der Waals surface area (Å²) in [4.78, 5) is 12.7. The molecule has 4 nitrogen and oxygen atoms in total. The van der Waals surface area contributed by atoms with E-state index >= 15 is 0 Å². The molecular formula is C24H14BrF5O4. The molecule has 0 aliphatic carbocycles.